The summed E-state index contributed by atoms with van der Waals surface area (Å²) in [6.07, 6.45) is -4.24. The van der Waals surface area contributed by atoms with Crippen LogP contribution in [0.15, 0.2) is 34.7 Å². The number of anilines is 2. The van der Waals surface area contributed by atoms with E-state index in [2.05, 4.69) is 10.1 Å². The van der Waals surface area contributed by atoms with Gasteiger partial charge in [0, 0.05) is 32.2 Å². The molecule has 1 aliphatic heterocycles. The van der Waals surface area contributed by atoms with Gasteiger partial charge in [0.05, 0.1) is 16.9 Å². The molecule has 1 aromatic carbocycles. The first kappa shape index (κ1) is 22.4. The number of rotatable bonds is 5. The van der Waals surface area contributed by atoms with E-state index < -0.39 is 23.6 Å². The van der Waals surface area contributed by atoms with Gasteiger partial charge in [-0.1, -0.05) is 6.07 Å². The fourth-order valence-electron chi connectivity index (χ4n) is 2.75. The summed E-state index contributed by atoms with van der Waals surface area (Å²) in [6.45, 7) is 0.987. The molecule has 2 amide bonds. The minimum atomic E-state index is -4.55. The van der Waals surface area contributed by atoms with Crippen molar-refractivity contribution in [1.82, 2.24) is 9.99 Å². The predicted octanol–water partition coefficient (Wildman–Crippen LogP) is 3.50. The van der Waals surface area contributed by atoms with Crippen LogP contribution in [0.5, 0.6) is 0 Å². The number of alkyl halides is 3. The van der Waals surface area contributed by atoms with E-state index in [1.165, 1.54) is 31.5 Å². The van der Waals surface area contributed by atoms with Gasteiger partial charge < -0.3 is 4.74 Å². The second-order valence-electron chi connectivity index (χ2n) is 6.56. The van der Waals surface area contributed by atoms with Gasteiger partial charge in [0.1, 0.15) is 12.3 Å². The van der Waals surface area contributed by atoms with Crippen LogP contribution in [-0.2, 0) is 31.9 Å². The molecular formula is C19H17F3N4O4S. The zero-order valence-electron chi connectivity index (χ0n) is 16.5. The molecule has 3 rings (SSSR count). The van der Waals surface area contributed by atoms with Crippen molar-refractivity contribution in [3.63, 3.8) is 0 Å². The first-order valence-corrected chi connectivity index (χ1v) is 9.87. The lowest BCUT2D eigenvalue weighted by Gasteiger charge is -2.19. The molecular weight excluding hydrogens is 437 g/mol. The third-order valence-corrected chi connectivity index (χ3v) is 5.15. The van der Waals surface area contributed by atoms with Gasteiger partial charge in [0.25, 0.3) is 0 Å². The van der Waals surface area contributed by atoms with Gasteiger partial charge in [0.15, 0.2) is 5.13 Å². The maximum atomic E-state index is 13.0. The van der Waals surface area contributed by atoms with E-state index in [4.69, 9.17) is 4.74 Å². The highest BCUT2D eigenvalue weighted by atomic mass is 32.1. The molecule has 164 valence electrons. The van der Waals surface area contributed by atoms with Crippen molar-refractivity contribution < 1.29 is 32.3 Å². The third-order valence-electron chi connectivity index (χ3n) is 4.27. The second-order valence-corrected chi connectivity index (χ2v) is 7.40. The summed E-state index contributed by atoms with van der Waals surface area (Å²) in [5, 5.41) is 6.60. The van der Waals surface area contributed by atoms with Crippen molar-refractivity contribution in [2.24, 2.45) is 5.10 Å². The molecule has 0 N–H and O–H groups in total. The number of benzene rings is 1. The number of hydrogen-bond acceptors (Lipinski definition) is 7. The number of thiazole rings is 1. The van der Waals surface area contributed by atoms with Crippen LogP contribution in [0.4, 0.5) is 24.0 Å². The summed E-state index contributed by atoms with van der Waals surface area (Å²) in [5.74, 6) is -1.43. The van der Waals surface area contributed by atoms with E-state index >= 15 is 0 Å². The highest BCUT2D eigenvalue weighted by Crippen LogP contribution is 2.35. The number of hydrazone groups is 1. The standard InChI is InChI=1S/C19H17F3N4O4S/c1-11(27)26(14-5-3-4-12(8-14)19(20,21)22)18-23-13(10-31-18)9-30-17(29)15-6-7-16(28)25(2)24-15/h3-5,8,10H,6-7,9H2,1-2H3. The molecule has 0 bridgehead atoms. The monoisotopic (exact) mass is 454 g/mol. The van der Waals surface area contributed by atoms with E-state index in [9.17, 15) is 27.6 Å². The number of aromatic nitrogens is 1. The summed E-state index contributed by atoms with van der Waals surface area (Å²) in [5.41, 5.74) is -0.456. The predicted molar refractivity (Wildman–Crippen MR) is 106 cm³/mol. The molecule has 8 nitrogen and oxygen atoms in total. The summed E-state index contributed by atoms with van der Waals surface area (Å²) < 4.78 is 44.2. The number of esters is 1. The molecule has 0 atom stereocenters. The third kappa shape index (κ3) is 5.26. The van der Waals surface area contributed by atoms with Gasteiger partial charge in [-0.3, -0.25) is 14.5 Å². The van der Waals surface area contributed by atoms with Crippen molar-refractivity contribution in [3.05, 3.63) is 40.9 Å². The number of halogens is 3. The Bertz CT molecular complexity index is 1050. The molecule has 0 aliphatic carbocycles. The molecule has 1 aromatic heterocycles. The molecule has 0 radical (unpaired) electrons. The highest BCUT2D eigenvalue weighted by Gasteiger charge is 2.31. The summed E-state index contributed by atoms with van der Waals surface area (Å²) in [6, 6.07) is 4.35. The molecule has 2 heterocycles. The Balaban J connectivity index is 1.74. The Morgan fingerprint density at radius 3 is 2.68 bits per heavy atom. The van der Waals surface area contributed by atoms with Gasteiger partial charge in [-0.15, -0.1) is 11.3 Å². The largest absolute Gasteiger partial charge is 0.455 e. The van der Waals surface area contributed by atoms with Gasteiger partial charge in [-0.25, -0.2) is 14.8 Å². The Morgan fingerprint density at radius 1 is 1.29 bits per heavy atom. The number of amides is 2. The Labute approximate surface area is 178 Å². The lowest BCUT2D eigenvalue weighted by molar-refractivity contribution is -0.138. The van der Waals surface area contributed by atoms with Crippen LogP contribution in [0.25, 0.3) is 0 Å². The van der Waals surface area contributed by atoms with Crippen LogP contribution in [-0.4, -0.2) is 40.5 Å². The molecule has 31 heavy (non-hydrogen) atoms. The number of ether oxygens (including phenoxy) is 1. The topological polar surface area (TPSA) is 92.2 Å². The summed E-state index contributed by atoms with van der Waals surface area (Å²) >= 11 is 1.02. The molecule has 2 aromatic rings. The quantitative estimate of drug-likeness (QED) is 0.645. The molecule has 12 heteroatoms. The van der Waals surface area contributed by atoms with Gasteiger partial charge in [-0.05, 0) is 18.2 Å². The van der Waals surface area contributed by atoms with E-state index in [1.807, 2.05) is 0 Å². The van der Waals surface area contributed by atoms with Gasteiger partial charge in [0.2, 0.25) is 11.8 Å². The fraction of sp³-hybridized carbons (Fsp3) is 0.316. The smallest absolute Gasteiger partial charge is 0.416 e. The average Bonchev–Trinajstić information content (AvgIpc) is 3.16. The number of hydrogen-bond donors (Lipinski definition) is 0. The zero-order chi connectivity index (χ0) is 22.8. The van der Waals surface area contributed by atoms with Crippen LogP contribution in [0.3, 0.4) is 0 Å². The van der Waals surface area contributed by atoms with E-state index in [0.717, 1.165) is 33.4 Å². The van der Waals surface area contributed by atoms with E-state index in [0.29, 0.717) is 5.69 Å². The van der Waals surface area contributed by atoms with E-state index in [1.54, 1.807) is 0 Å². The maximum Gasteiger partial charge on any atom is 0.416 e. The summed E-state index contributed by atoms with van der Waals surface area (Å²) in [4.78, 5) is 40.9. The SMILES string of the molecule is CC(=O)N(c1cccc(C(F)(F)F)c1)c1nc(COC(=O)C2=NN(C)C(=O)CC2)cs1. The number of carbonyl (C=O) groups excluding carboxylic acids is 3. The second kappa shape index (κ2) is 8.84. The van der Waals surface area contributed by atoms with Crippen molar-refractivity contribution in [3.8, 4) is 0 Å². The Hall–Kier alpha value is -3.28. The molecule has 1 aliphatic rings. The first-order valence-electron chi connectivity index (χ1n) is 9.00. The van der Waals surface area contributed by atoms with Crippen LogP contribution in [0.1, 0.15) is 31.0 Å². The Kier molecular flexibility index (Phi) is 6.39. The molecule has 0 saturated heterocycles. The normalized spacial score (nSPS) is 14.3. The van der Waals surface area contributed by atoms with Crippen molar-refractivity contribution >= 4 is 45.7 Å². The number of carbonyl (C=O) groups is 3. The maximum absolute atomic E-state index is 13.0. The Morgan fingerprint density at radius 2 is 2.03 bits per heavy atom. The molecule has 0 unspecified atom stereocenters. The molecule has 0 spiro atoms. The average molecular weight is 454 g/mol. The van der Waals surface area contributed by atoms with Crippen molar-refractivity contribution in [2.75, 3.05) is 11.9 Å². The van der Waals surface area contributed by atoms with Crippen LogP contribution in [0.2, 0.25) is 0 Å². The zero-order valence-corrected chi connectivity index (χ0v) is 17.3. The molecule has 0 fully saturated rings. The van der Waals surface area contributed by atoms with Crippen LogP contribution in [0, 0.1) is 0 Å². The molecule has 0 saturated carbocycles. The van der Waals surface area contributed by atoms with Crippen molar-refractivity contribution in [1.29, 1.82) is 0 Å². The lowest BCUT2D eigenvalue weighted by atomic mass is 10.2. The minimum absolute atomic E-state index is 0.0180. The van der Waals surface area contributed by atoms with Crippen molar-refractivity contribution in [2.45, 2.75) is 32.5 Å². The minimum Gasteiger partial charge on any atom is -0.455 e. The van der Waals surface area contributed by atoms with Gasteiger partial charge in [-0.2, -0.15) is 18.3 Å². The van der Waals surface area contributed by atoms with Crippen LogP contribution < -0.4 is 4.90 Å². The fourth-order valence-corrected chi connectivity index (χ4v) is 3.62. The summed E-state index contributed by atoms with van der Waals surface area (Å²) in [7, 11) is 1.44. The van der Waals surface area contributed by atoms with Crippen LogP contribution >= 0.6 is 11.3 Å². The first-order chi connectivity index (χ1) is 14.6. The van der Waals surface area contributed by atoms with E-state index in [-0.39, 0.29) is 41.9 Å². The number of nitrogens with zero attached hydrogens (tertiary/aromatic N) is 4. The highest BCUT2D eigenvalue weighted by molar-refractivity contribution is 7.14. The van der Waals surface area contributed by atoms with Gasteiger partial charge >= 0.3 is 12.1 Å². The lowest BCUT2D eigenvalue weighted by Crippen LogP contribution is -2.32.